The van der Waals surface area contributed by atoms with Crippen LogP contribution in [0.2, 0.25) is 0 Å². The third kappa shape index (κ3) is 2.84. The lowest BCUT2D eigenvalue weighted by atomic mass is 10.1. The lowest BCUT2D eigenvalue weighted by Crippen LogP contribution is -2.43. The predicted octanol–water partition coefficient (Wildman–Crippen LogP) is 2.79. The van der Waals surface area contributed by atoms with Gasteiger partial charge in [0.15, 0.2) is 0 Å². The average molecular weight is 323 g/mol. The highest BCUT2D eigenvalue weighted by Crippen LogP contribution is 2.38. The van der Waals surface area contributed by atoms with Crippen LogP contribution in [0.3, 0.4) is 0 Å². The van der Waals surface area contributed by atoms with Crippen molar-refractivity contribution in [3.63, 3.8) is 0 Å². The normalized spacial score (nSPS) is 18.8. The number of amides is 1. The quantitative estimate of drug-likeness (QED) is 0.908. The molecule has 18 heavy (non-hydrogen) atoms. The molecule has 1 heterocycles. The maximum Gasteiger partial charge on any atom is 0.409 e. The Morgan fingerprint density at radius 1 is 1.39 bits per heavy atom. The van der Waals surface area contributed by atoms with Crippen LogP contribution < -0.4 is 5.43 Å². The first-order valence-corrected chi connectivity index (χ1v) is 6.05. The van der Waals surface area contributed by atoms with Gasteiger partial charge in [0, 0.05) is 17.4 Å². The number of hydrazine groups is 1. The summed E-state index contributed by atoms with van der Waals surface area (Å²) in [6, 6.07) is 4.17. The first-order valence-electron chi connectivity index (χ1n) is 5.26. The van der Waals surface area contributed by atoms with E-state index in [9.17, 15) is 18.0 Å². The van der Waals surface area contributed by atoms with Gasteiger partial charge < -0.3 is 0 Å². The molecule has 2 rings (SSSR count). The van der Waals surface area contributed by atoms with Gasteiger partial charge in [-0.2, -0.15) is 13.2 Å². The van der Waals surface area contributed by atoms with Crippen LogP contribution in [0.5, 0.6) is 0 Å². The summed E-state index contributed by atoms with van der Waals surface area (Å²) in [5.41, 5.74) is 2.33. The molecule has 1 N–H and O–H groups in total. The van der Waals surface area contributed by atoms with Gasteiger partial charge in [-0.05, 0) is 17.7 Å². The lowest BCUT2D eigenvalue weighted by molar-refractivity contribution is -0.191. The number of nitrogens with zero attached hydrogens (tertiary/aromatic N) is 1. The zero-order chi connectivity index (χ0) is 13.3. The first-order chi connectivity index (χ1) is 8.38. The summed E-state index contributed by atoms with van der Waals surface area (Å²) in [5.74, 6) is -0.390. The van der Waals surface area contributed by atoms with Gasteiger partial charge in [0.05, 0.1) is 0 Å². The van der Waals surface area contributed by atoms with Gasteiger partial charge in [-0.25, -0.2) is 5.01 Å². The van der Waals surface area contributed by atoms with Gasteiger partial charge in [-0.1, -0.05) is 28.1 Å². The molecule has 0 bridgehead atoms. The predicted molar refractivity (Wildman–Crippen MR) is 62.4 cm³/mol. The Morgan fingerprint density at radius 2 is 2.11 bits per heavy atom. The Hall–Kier alpha value is -1.08. The third-order valence-corrected chi connectivity index (χ3v) is 3.13. The van der Waals surface area contributed by atoms with E-state index in [0.717, 1.165) is 5.01 Å². The molecular weight excluding hydrogens is 313 g/mol. The summed E-state index contributed by atoms with van der Waals surface area (Å²) < 4.78 is 39.9. The summed E-state index contributed by atoms with van der Waals surface area (Å²) in [7, 11) is 0. The Bertz CT molecular complexity index is 464. The standard InChI is InChI=1S/C11H10BrF3N2O/c12-8-3-1-2-7(6-8)10(11(13,14)15)17-5-4-9(18)16-17/h1-3,6,10H,4-5H2,(H,16,18)/t10-/m0/s1. The van der Waals surface area contributed by atoms with Crippen LogP contribution >= 0.6 is 15.9 Å². The molecule has 0 spiro atoms. The SMILES string of the molecule is O=C1CCN([C@@H](c2cccc(Br)c2)C(F)(F)F)N1. The van der Waals surface area contributed by atoms with Crippen LogP contribution in [0.1, 0.15) is 18.0 Å². The van der Waals surface area contributed by atoms with Crippen LogP contribution in [-0.2, 0) is 4.79 Å². The molecular formula is C11H10BrF3N2O. The molecule has 1 aliphatic rings. The first kappa shape index (κ1) is 13.4. The molecule has 3 nitrogen and oxygen atoms in total. The van der Waals surface area contributed by atoms with Crippen molar-refractivity contribution >= 4 is 21.8 Å². The number of rotatable bonds is 2. The smallest absolute Gasteiger partial charge is 0.288 e. The highest BCUT2D eigenvalue weighted by Gasteiger charge is 2.46. The molecule has 1 aromatic carbocycles. The third-order valence-electron chi connectivity index (χ3n) is 2.63. The number of hydrogen-bond donors (Lipinski definition) is 1. The number of carbonyl (C=O) groups is 1. The molecule has 0 unspecified atom stereocenters. The molecule has 98 valence electrons. The van der Waals surface area contributed by atoms with Gasteiger partial charge in [-0.15, -0.1) is 0 Å². The van der Waals surface area contributed by atoms with Crippen LogP contribution in [0.25, 0.3) is 0 Å². The maximum absolute atomic E-state index is 13.1. The van der Waals surface area contributed by atoms with E-state index < -0.39 is 12.2 Å². The number of halogens is 4. The summed E-state index contributed by atoms with van der Waals surface area (Å²) in [6.07, 6.45) is -4.36. The molecule has 1 amide bonds. The molecule has 1 saturated heterocycles. The Morgan fingerprint density at radius 3 is 2.61 bits per heavy atom. The van der Waals surface area contributed by atoms with Crippen LogP contribution in [0.4, 0.5) is 13.2 Å². The van der Waals surface area contributed by atoms with Gasteiger partial charge in [0.2, 0.25) is 5.91 Å². The fourth-order valence-corrected chi connectivity index (χ4v) is 2.33. The van der Waals surface area contributed by atoms with E-state index in [-0.39, 0.29) is 24.4 Å². The van der Waals surface area contributed by atoms with E-state index >= 15 is 0 Å². The second-order valence-corrected chi connectivity index (χ2v) is 4.89. The highest BCUT2D eigenvalue weighted by molar-refractivity contribution is 9.10. The van der Waals surface area contributed by atoms with Crippen molar-refractivity contribution in [2.75, 3.05) is 6.54 Å². The molecule has 1 aliphatic heterocycles. The summed E-state index contributed by atoms with van der Waals surface area (Å²) >= 11 is 3.14. The van der Waals surface area contributed by atoms with E-state index in [4.69, 9.17) is 0 Å². The fraction of sp³-hybridized carbons (Fsp3) is 0.364. The van der Waals surface area contributed by atoms with Crippen LogP contribution in [-0.4, -0.2) is 23.6 Å². The average Bonchev–Trinajstić information content (AvgIpc) is 2.62. The number of hydrogen-bond acceptors (Lipinski definition) is 2. The second kappa shape index (κ2) is 4.89. The summed E-state index contributed by atoms with van der Waals surface area (Å²) in [6.45, 7) is 0.0511. The highest BCUT2D eigenvalue weighted by atomic mass is 79.9. The summed E-state index contributed by atoms with van der Waals surface area (Å²) in [5, 5.41) is 0.935. The van der Waals surface area contributed by atoms with Crippen molar-refractivity contribution in [2.45, 2.75) is 18.6 Å². The molecule has 0 saturated carbocycles. The van der Waals surface area contributed by atoms with E-state index in [1.807, 2.05) is 0 Å². The van der Waals surface area contributed by atoms with Gasteiger partial charge in [-0.3, -0.25) is 10.2 Å². The minimum Gasteiger partial charge on any atom is -0.288 e. The van der Waals surface area contributed by atoms with Crippen molar-refractivity contribution in [3.8, 4) is 0 Å². The van der Waals surface area contributed by atoms with Crippen molar-refractivity contribution in [1.29, 1.82) is 0 Å². The zero-order valence-electron chi connectivity index (χ0n) is 9.17. The lowest BCUT2D eigenvalue weighted by Gasteiger charge is -2.29. The van der Waals surface area contributed by atoms with E-state index in [1.54, 1.807) is 6.07 Å². The van der Waals surface area contributed by atoms with E-state index in [1.165, 1.54) is 18.2 Å². The molecule has 7 heteroatoms. The number of benzene rings is 1. The van der Waals surface area contributed by atoms with Gasteiger partial charge in [0.25, 0.3) is 0 Å². The van der Waals surface area contributed by atoms with Crippen molar-refractivity contribution in [3.05, 3.63) is 34.3 Å². The molecule has 0 radical (unpaired) electrons. The van der Waals surface area contributed by atoms with E-state index in [0.29, 0.717) is 4.47 Å². The number of nitrogens with one attached hydrogen (secondary N) is 1. The largest absolute Gasteiger partial charge is 0.409 e. The van der Waals surface area contributed by atoms with Crippen molar-refractivity contribution in [2.24, 2.45) is 0 Å². The molecule has 1 aromatic rings. The summed E-state index contributed by atoms with van der Waals surface area (Å²) in [4.78, 5) is 11.1. The molecule has 0 aliphatic carbocycles. The molecule has 0 aromatic heterocycles. The fourth-order valence-electron chi connectivity index (χ4n) is 1.91. The van der Waals surface area contributed by atoms with E-state index in [2.05, 4.69) is 21.4 Å². The topological polar surface area (TPSA) is 32.3 Å². The number of alkyl halides is 3. The monoisotopic (exact) mass is 322 g/mol. The minimum absolute atomic E-state index is 0.0511. The van der Waals surface area contributed by atoms with Crippen LogP contribution in [0.15, 0.2) is 28.7 Å². The molecule has 1 atom stereocenters. The Kier molecular flexibility index (Phi) is 3.63. The van der Waals surface area contributed by atoms with Crippen molar-refractivity contribution < 1.29 is 18.0 Å². The maximum atomic E-state index is 13.1. The van der Waals surface area contributed by atoms with Gasteiger partial charge >= 0.3 is 6.18 Å². The minimum atomic E-state index is -4.45. The van der Waals surface area contributed by atoms with Gasteiger partial charge in [0.1, 0.15) is 6.04 Å². The van der Waals surface area contributed by atoms with Crippen LogP contribution in [0, 0.1) is 0 Å². The molecule has 1 fully saturated rings. The Labute approximate surface area is 110 Å². The number of carbonyl (C=O) groups excluding carboxylic acids is 1. The second-order valence-electron chi connectivity index (χ2n) is 3.98. The Balaban J connectivity index is 2.34. The van der Waals surface area contributed by atoms with Crippen molar-refractivity contribution in [1.82, 2.24) is 10.4 Å². The zero-order valence-corrected chi connectivity index (χ0v) is 10.8.